The van der Waals surface area contributed by atoms with Crippen molar-refractivity contribution in [3.05, 3.63) is 35.9 Å². The van der Waals surface area contributed by atoms with Crippen molar-refractivity contribution in [1.29, 1.82) is 0 Å². The summed E-state index contributed by atoms with van der Waals surface area (Å²) in [5.74, 6) is -0.213. The second kappa shape index (κ2) is 7.94. The summed E-state index contributed by atoms with van der Waals surface area (Å²) in [6.45, 7) is 1.60. The summed E-state index contributed by atoms with van der Waals surface area (Å²) in [4.78, 5) is 13.8. The van der Waals surface area contributed by atoms with E-state index in [1.807, 2.05) is 30.3 Å². The third kappa shape index (κ3) is 4.67. The van der Waals surface area contributed by atoms with Gasteiger partial charge in [0.05, 0.1) is 19.6 Å². The van der Waals surface area contributed by atoms with E-state index < -0.39 is 5.60 Å². The third-order valence-corrected chi connectivity index (χ3v) is 4.10. The number of carbonyl (C=O) groups is 1. The van der Waals surface area contributed by atoms with Crippen LogP contribution < -0.4 is 5.73 Å². The second-order valence-corrected chi connectivity index (χ2v) is 5.69. The first kappa shape index (κ1) is 17.2. The van der Waals surface area contributed by atoms with Crippen LogP contribution in [-0.4, -0.2) is 52.3 Å². The van der Waals surface area contributed by atoms with Crippen LogP contribution in [-0.2, 0) is 16.1 Å². The van der Waals surface area contributed by atoms with Gasteiger partial charge in [-0.2, -0.15) is 0 Å². The van der Waals surface area contributed by atoms with E-state index in [4.69, 9.17) is 15.7 Å². The zero-order chi connectivity index (χ0) is 16.7. The molecule has 0 aromatic heterocycles. The zero-order valence-electron chi connectivity index (χ0n) is 13.0. The Morgan fingerprint density at radius 3 is 2.57 bits per heavy atom. The number of nitrogens with zero attached hydrogens (tertiary/aromatic N) is 2. The van der Waals surface area contributed by atoms with Gasteiger partial charge in [-0.1, -0.05) is 35.5 Å². The molecule has 23 heavy (non-hydrogen) atoms. The summed E-state index contributed by atoms with van der Waals surface area (Å²) in [7, 11) is 0. The van der Waals surface area contributed by atoms with Crippen molar-refractivity contribution in [3.8, 4) is 0 Å². The molecule has 1 saturated heterocycles. The van der Waals surface area contributed by atoms with Crippen LogP contribution in [0.5, 0.6) is 0 Å². The zero-order valence-corrected chi connectivity index (χ0v) is 13.0. The summed E-state index contributed by atoms with van der Waals surface area (Å²) in [6.07, 6.45) is 0.827. The lowest BCUT2D eigenvalue weighted by Gasteiger charge is -2.37. The van der Waals surface area contributed by atoms with Crippen molar-refractivity contribution >= 4 is 11.7 Å². The van der Waals surface area contributed by atoms with Gasteiger partial charge in [-0.15, -0.1) is 0 Å². The van der Waals surface area contributed by atoms with Crippen molar-refractivity contribution in [2.75, 3.05) is 19.7 Å². The van der Waals surface area contributed by atoms with Gasteiger partial charge < -0.3 is 25.7 Å². The summed E-state index contributed by atoms with van der Waals surface area (Å²) in [5, 5.41) is 21.7. The first-order valence-electron chi connectivity index (χ1n) is 7.65. The van der Waals surface area contributed by atoms with Gasteiger partial charge in [-0.05, 0) is 5.56 Å². The fourth-order valence-corrected chi connectivity index (χ4v) is 2.56. The third-order valence-electron chi connectivity index (χ3n) is 4.10. The Balaban J connectivity index is 1.69. The van der Waals surface area contributed by atoms with Gasteiger partial charge in [0.1, 0.15) is 5.60 Å². The van der Waals surface area contributed by atoms with E-state index in [-0.39, 0.29) is 24.6 Å². The number of ether oxygens (including phenoxy) is 1. The highest BCUT2D eigenvalue weighted by Gasteiger charge is 2.37. The Kier molecular flexibility index (Phi) is 5.95. The standard InChI is InChI=1S/C16H23N3O4/c17-15(18-22)16(21)7-9-19(10-8-16)14(20)6-11-23-12-13-4-2-1-3-5-13/h1-5,21-22H,6-12H2,(H2,17,18). The van der Waals surface area contributed by atoms with Crippen LogP contribution in [0.15, 0.2) is 35.5 Å². The number of carbonyl (C=O) groups excluding carboxylic acids is 1. The highest BCUT2D eigenvalue weighted by molar-refractivity contribution is 5.88. The van der Waals surface area contributed by atoms with E-state index in [1.165, 1.54) is 0 Å². The van der Waals surface area contributed by atoms with Gasteiger partial charge >= 0.3 is 0 Å². The highest BCUT2D eigenvalue weighted by Crippen LogP contribution is 2.22. The molecule has 1 amide bonds. The fourth-order valence-electron chi connectivity index (χ4n) is 2.56. The molecule has 0 aliphatic carbocycles. The number of aliphatic hydroxyl groups is 1. The van der Waals surface area contributed by atoms with Crippen LogP contribution >= 0.6 is 0 Å². The van der Waals surface area contributed by atoms with Gasteiger partial charge in [-0.25, -0.2) is 0 Å². The molecular weight excluding hydrogens is 298 g/mol. The van der Waals surface area contributed by atoms with Crippen molar-refractivity contribution in [1.82, 2.24) is 4.90 Å². The first-order chi connectivity index (χ1) is 11.0. The van der Waals surface area contributed by atoms with Crippen LogP contribution in [0, 0.1) is 0 Å². The number of oxime groups is 1. The number of amidine groups is 1. The van der Waals surface area contributed by atoms with Crippen LogP contribution in [0.25, 0.3) is 0 Å². The molecule has 1 fully saturated rings. The number of hydrogen-bond donors (Lipinski definition) is 3. The van der Waals surface area contributed by atoms with Gasteiger partial charge in [0, 0.05) is 25.9 Å². The Morgan fingerprint density at radius 1 is 1.30 bits per heavy atom. The van der Waals surface area contributed by atoms with Gasteiger partial charge in [0.25, 0.3) is 0 Å². The number of benzene rings is 1. The molecule has 7 heteroatoms. The number of piperidine rings is 1. The molecule has 0 unspecified atom stereocenters. The molecule has 1 heterocycles. The number of likely N-dealkylation sites (tertiary alicyclic amines) is 1. The normalized spacial score (nSPS) is 18.0. The van der Waals surface area contributed by atoms with E-state index in [2.05, 4.69) is 5.16 Å². The smallest absolute Gasteiger partial charge is 0.224 e. The molecule has 0 spiro atoms. The van der Waals surface area contributed by atoms with E-state index in [1.54, 1.807) is 4.90 Å². The van der Waals surface area contributed by atoms with E-state index in [9.17, 15) is 9.90 Å². The Bertz CT molecular complexity index is 540. The lowest BCUT2D eigenvalue weighted by Crippen LogP contribution is -2.53. The SMILES string of the molecule is NC(=NO)C1(O)CCN(C(=O)CCOCc2ccccc2)CC1. The second-order valence-electron chi connectivity index (χ2n) is 5.69. The minimum atomic E-state index is -1.32. The molecule has 0 atom stereocenters. The molecule has 0 saturated carbocycles. The molecule has 1 aromatic rings. The molecule has 1 aliphatic rings. The molecule has 126 valence electrons. The molecule has 0 radical (unpaired) electrons. The van der Waals surface area contributed by atoms with E-state index in [0.717, 1.165) is 5.56 Å². The lowest BCUT2D eigenvalue weighted by atomic mass is 9.90. The summed E-state index contributed by atoms with van der Waals surface area (Å²) < 4.78 is 5.51. The summed E-state index contributed by atoms with van der Waals surface area (Å²) >= 11 is 0. The Morgan fingerprint density at radius 2 is 1.96 bits per heavy atom. The Hall–Kier alpha value is -2.12. The van der Waals surface area contributed by atoms with Crippen LogP contribution in [0.2, 0.25) is 0 Å². The monoisotopic (exact) mass is 321 g/mol. The summed E-state index contributed by atoms with van der Waals surface area (Å²) in [5.41, 5.74) is 5.23. The number of hydrogen-bond acceptors (Lipinski definition) is 5. The van der Waals surface area contributed by atoms with Crippen molar-refractivity contribution in [2.45, 2.75) is 31.5 Å². The average molecular weight is 321 g/mol. The predicted octanol–water partition coefficient (Wildman–Crippen LogP) is 0.693. The maximum absolute atomic E-state index is 12.1. The highest BCUT2D eigenvalue weighted by atomic mass is 16.5. The number of amides is 1. The number of nitrogens with two attached hydrogens (primary N) is 1. The molecule has 1 aromatic carbocycles. The largest absolute Gasteiger partial charge is 0.409 e. The Labute approximate surface area is 135 Å². The van der Waals surface area contributed by atoms with Crippen molar-refractivity contribution < 1.29 is 19.8 Å². The topological polar surface area (TPSA) is 108 Å². The first-order valence-corrected chi connectivity index (χ1v) is 7.65. The maximum Gasteiger partial charge on any atom is 0.224 e. The average Bonchev–Trinajstić information content (AvgIpc) is 2.59. The fraction of sp³-hybridized carbons (Fsp3) is 0.500. The molecule has 4 N–H and O–H groups in total. The van der Waals surface area contributed by atoms with Crippen molar-refractivity contribution in [2.24, 2.45) is 10.9 Å². The van der Waals surface area contributed by atoms with E-state index >= 15 is 0 Å². The minimum Gasteiger partial charge on any atom is -0.409 e. The molecule has 7 nitrogen and oxygen atoms in total. The van der Waals surface area contributed by atoms with Gasteiger partial charge in [-0.3, -0.25) is 4.79 Å². The van der Waals surface area contributed by atoms with Crippen molar-refractivity contribution in [3.63, 3.8) is 0 Å². The van der Waals surface area contributed by atoms with Crippen LogP contribution in [0.1, 0.15) is 24.8 Å². The van der Waals surface area contributed by atoms with Crippen LogP contribution in [0.4, 0.5) is 0 Å². The lowest BCUT2D eigenvalue weighted by molar-refractivity contribution is -0.135. The molecular formula is C16H23N3O4. The van der Waals surface area contributed by atoms with Gasteiger partial charge in [0.2, 0.25) is 5.91 Å². The number of rotatable bonds is 6. The molecule has 0 bridgehead atoms. The van der Waals surface area contributed by atoms with Crippen LogP contribution in [0.3, 0.4) is 0 Å². The van der Waals surface area contributed by atoms with E-state index in [0.29, 0.717) is 32.7 Å². The quantitative estimate of drug-likeness (QED) is 0.235. The predicted molar refractivity (Wildman–Crippen MR) is 84.9 cm³/mol. The molecule has 2 rings (SSSR count). The summed E-state index contributed by atoms with van der Waals surface area (Å²) in [6, 6.07) is 9.78. The minimum absolute atomic E-state index is 0.0142. The maximum atomic E-state index is 12.1. The molecule has 1 aliphatic heterocycles. The van der Waals surface area contributed by atoms with Gasteiger partial charge in [0.15, 0.2) is 5.84 Å².